The summed E-state index contributed by atoms with van der Waals surface area (Å²) in [6.45, 7) is 14.6. The Balaban J connectivity index is 1.43. The van der Waals surface area contributed by atoms with E-state index in [-0.39, 0.29) is 58.7 Å². The number of nitrogens with zero attached hydrogens (tertiary/aromatic N) is 2. The fourth-order valence-corrected chi connectivity index (χ4v) is 9.72. The molecule has 0 aromatic heterocycles. The molecule has 6 fully saturated rings. The Kier molecular flexibility index (Phi) is 6.26. The molecule has 6 aliphatic rings. The van der Waals surface area contributed by atoms with E-state index in [4.69, 9.17) is 19.3 Å². The average Bonchev–Trinajstić information content (AvgIpc) is 3.14. The molecule has 0 bridgehead atoms. The second-order valence-electron chi connectivity index (χ2n) is 13.8. The molecule has 6 rings (SSSR count). The van der Waals surface area contributed by atoms with Gasteiger partial charge in [0.25, 0.3) is 0 Å². The van der Waals surface area contributed by atoms with Crippen LogP contribution in [-0.2, 0) is 19.0 Å². The van der Waals surface area contributed by atoms with E-state index < -0.39 is 11.7 Å². The van der Waals surface area contributed by atoms with Gasteiger partial charge in [0.05, 0.1) is 49.8 Å². The third-order valence-electron chi connectivity index (χ3n) is 11.9. The lowest BCUT2D eigenvalue weighted by atomic mass is 9.42. The van der Waals surface area contributed by atoms with Crippen LogP contribution in [0.25, 0.3) is 0 Å². The molecule has 8 heteroatoms. The van der Waals surface area contributed by atoms with Crippen LogP contribution < -0.4 is 5.32 Å². The Bertz CT molecular complexity index is 950. The number of aliphatic hydroxyl groups is 1. The van der Waals surface area contributed by atoms with Gasteiger partial charge in [-0.2, -0.15) is 5.10 Å². The third-order valence-corrected chi connectivity index (χ3v) is 11.9. The van der Waals surface area contributed by atoms with E-state index in [9.17, 15) is 9.90 Å². The lowest BCUT2D eigenvalue weighted by molar-refractivity contribution is -0.325. The zero-order chi connectivity index (χ0) is 26.3. The molecule has 0 aromatic rings. The number of carbonyl (C=O) groups is 1. The van der Waals surface area contributed by atoms with Crippen molar-refractivity contribution in [2.75, 3.05) is 33.4 Å². The fraction of sp³-hybridized carbons (Fsp3) is 0.931. The lowest BCUT2D eigenvalue weighted by Crippen LogP contribution is -2.74. The highest BCUT2D eigenvalue weighted by molar-refractivity contribution is 5.95. The molecule has 3 aliphatic heterocycles. The maximum atomic E-state index is 12.8. The molecular weight excluding hydrogens is 470 g/mol. The van der Waals surface area contributed by atoms with E-state index in [2.05, 4.69) is 44.9 Å². The molecule has 3 aliphatic carbocycles. The van der Waals surface area contributed by atoms with Crippen molar-refractivity contribution in [2.45, 2.75) is 96.7 Å². The van der Waals surface area contributed by atoms with E-state index in [0.717, 1.165) is 44.5 Å². The first-order valence-corrected chi connectivity index (χ1v) is 14.6. The summed E-state index contributed by atoms with van der Waals surface area (Å²) in [6, 6.07) is 0.0611. The molecule has 1 amide bonds. The molecule has 3 saturated heterocycles. The highest BCUT2D eigenvalue weighted by Gasteiger charge is 2.72. The number of ether oxygens (including phenoxy) is 3. The first kappa shape index (κ1) is 26.0. The number of morpholine rings is 1. The molecule has 0 radical (unpaired) electrons. The van der Waals surface area contributed by atoms with E-state index in [1.54, 1.807) is 0 Å². The van der Waals surface area contributed by atoms with Crippen LogP contribution in [0, 0.1) is 40.4 Å². The zero-order valence-corrected chi connectivity index (χ0v) is 23.5. The second-order valence-corrected chi connectivity index (χ2v) is 13.8. The van der Waals surface area contributed by atoms with Crippen LogP contribution in [0.4, 0.5) is 0 Å². The predicted molar refractivity (Wildman–Crippen MR) is 140 cm³/mol. The summed E-state index contributed by atoms with van der Waals surface area (Å²) in [5, 5.41) is 21.9. The summed E-state index contributed by atoms with van der Waals surface area (Å²) in [4.78, 5) is 12.8. The maximum absolute atomic E-state index is 12.8. The second kappa shape index (κ2) is 8.90. The molecule has 3 saturated carbocycles. The standard InChI is InChI=1S/C29H47N3O5/c1-16-7-8-22-27(3,4)25(31-32-9-11-36-12-10-32)21(35-6)15-29(22)28(16,5)14-19-20(33)13-18-23(24(19)37-29)17(2)30-26(18)34/h16-24,33H,7-15H2,1-6H3,(H,30,34). The first-order valence-electron chi connectivity index (χ1n) is 14.6. The quantitative estimate of drug-likeness (QED) is 0.585. The van der Waals surface area contributed by atoms with Gasteiger partial charge >= 0.3 is 0 Å². The number of fused-ring (bicyclic) bond motifs is 3. The van der Waals surface area contributed by atoms with Gasteiger partial charge < -0.3 is 24.6 Å². The van der Waals surface area contributed by atoms with Crippen LogP contribution in [0.5, 0.6) is 0 Å². The van der Waals surface area contributed by atoms with Gasteiger partial charge in [-0.05, 0) is 44.4 Å². The van der Waals surface area contributed by atoms with Crippen LogP contribution in [0.2, 0.25) is 0 Å². The van der Waals surface area contributed by atoms with E-state index >= 15 is 0 Å². The zero-order valence-electron chi connectivity index (χ0n) is 23.5. The largest absolute Gasteiger partial charge is 0.393 e. The summed E-state index contributed by atoms with van der Waals surface area (Å²) in [7, 11) is 1.81. The summed E-state index contributed by atoms with van der Waals surface area (Å²) in [6.07, 6.45) is 3.72. The van der Waals surface area contributed by atoms with Gasteiger partial charge in [-0.15, -0.1) is 0 Å². The smallest absolute Gasteiger partial charge is 0.223 e. The third kappa shape index (κ3) is 3.61. The van der Waals surface area contributed by atoms with Gasteiger partial charge in [-0.25, -0.2) is 0 Å². The Morgan fingerprint density at radius 2 is 1.86 bits per heavy atom. The lowest BCUT2D eigenvalue weighted by Gasteiger charge is -2.70. The number of rotatable bonds is 2. The molecule has 3 heterocycles. The summed E-state index contributed by atoms with van der Waals surface area (Å²) < 4.78 is 19.4. The predicted octanol–water partition coefficient (Wildman–Crippen LogP) is 2.83. The maximum Gasteiger partial charge on any atom is 0.223 e. The summed E-state index contributed by atoms with van der Waals surface area (Å²) >= 11 is 0. The Morgan fingerprint density at radius 1 is 1.14 bits per heavy atom. The highest BCUT2D eigenvalue weighted by atomic mass is 16.5. The van der Waals surface area contributed by atoms with Crippen molar-refractivity contribution in [2.24, 2.45) is 45.5 Å². The van der Waals surface area contributed by atoms with Crippen LogP contribution >= 0.6 is 0 Å². The molecule has 11 atom stereocenters. The van der Waals surface area contributed by atoms with Gasteiger partial charge in [-0.3, -0.25) is 9.80 Å². The number of hydrazone groups is 1. The van der Waals surface area contributed by atoms with Crippen molar-refractivity contribution in [1.82, 2.24) is 10.3 Å². The molecule has 208 valence electrons. The SMILES string of the molecule is COC1CC23OC4C(CC2(C)C(C)CCC3C(C)(C)C1=NN1CCOCC1)C(O)CC1C(=O)NC(C)C14. The Hall–Kier alpha value is -1.22. The van der Waals surface area contributed by atoms with Gasteiger partial charge in [0.15, 0.2) is 0 Å². The molecule has 1 spiro atoms. The summed E-state index contributed by atoms with van der Waals surface area (Å²) in [5.74, 6) is 0.829. The molecular formula is C29H47N3O5. The van der Waals surface area contributed by atoms with Crippen molar-refractivity contribution < 1.29 is 24.1 Å². The van der Waals surface area contributed by atoms with Gasteiger partial charge in [-0.1, -0.05) is 27.7 Å². The number of carbonyl (C=O) groups excluding carboxylic acids is 1. The van der Waals surface area contributed by atoms with Gasteiger partial charge in [0.1, 0.15) is 6.10 Å². The number of amides is 1. The minimum atomic E-state index is -0.502. The number of methoxy groups -OCH3 is 1. The number of hydrogen-bond donors (Lipinski definition) is 2. The number of hydrogen-bond acceptors (Lipinski definition) is 7. The number of nitrogens with one attached hydrogen (secondary N) is 1. The minimum absolute atomic E-state index is 0.0562. The van der Waals surface area contributed by atoms with Gasteiger partial charge in [0.2, 0.25) is 5.91 Å². The van der Waals surface area contributed by atoms with Crippen molar-refractivity contribution in [3.05, 3.63) is 0 Å². The van der Waals surface area contributed by atoms with Crippen molar-refractivity contribution in [3.63, 3.8) is 0 Å². The molecule has 0 aromatic carbocycles. The molecule has 37 heavy (non-hydrogen) atoms. The normalized spacial score (nSPS) is 52.1. The van der Waals surface area contributed by atoms with Crippen LogP contribution in [-0.4, -0.2) is 85.1 Å². The van der Waals surface area contributed by atoms with E-state index in [1.165, 1.54) is 0 Å². The van der Waals surface area contributed by atoms with Crippen molar-refractivity contribution >= 4 is 11.6 Å². The van der Waals surface area contributed by atoms with E-state index in [0.29, 0.717) is 25.6 Å². The molecule has 11 unspecified atom stereocenters. The average molecular weight is 518 g/mol. The fourth-order valence-electron chi connectivity index (χ4n) is 9.72. The Labute approximate surface area is 221 Å². The monoisotopic (exact) mass is 517 g/mol. The summed E-state index contributed by atoms with van der Waals surface area (Å²) in [5.41, 5.74) is 0.422. The highest BCUT2D eigenvalue weighted by Crippen LogP contribution is 2.68. The van der Waals surface area contributed by atoms with Crippen LogP contribution in [0.15, 0.2) is 5.10 Å². The van der Waals surface area contributed by atoms with Crippen molar-refractivity contribution in [1.29, 1.82) is 0 Å². The van der Waals surface area contributed by atoms with E-state index in [1.807, 2.05) is 7.11 Å². The molecule has 2 N–H and O–H groups in total. The first-order chi connectivity index (χ1) is 17.5. The van der Waals surface area contributed by atoms with Crippen LogP contribution in [0.1, 0.15) is 66.7 Å². The topological polar surface area (TPSA) is 92.6 Å². The minimum Gasteiger partial charge on any atom is -0.393 e. The van der Waals surface area contributed by atoms with Crippen molar-refractivity contribution in [3.8, 4) is 0 Å². The molecule has 8 nitrogen and oxygen atoms in total. The Morgan fingerprint density at radius 3 is 2.57 bits per heavy atom. The van der Waals surface area contributed by atoms with Gasteiger partial charge in [0, 0.05) is 48.2 Å². The number of aliphatic hydroxyl groups excluding tert-OH is 1. The van der Waals surface area contributed by atoms with Crippen LogP contribution in [0.3, 0.4) is 0 Å².